The summed E-state index contributed by atoms with van der Waals surface area (Å²) >= 11 is 0. The minimum absolute atomic E-state index is 0.0347. The van der Waals surface area contributed by atoms with E-state index in [1.807, 2.05) is 24.2 Å². The number of nitrogens with one attached hydrogen (secondary N) is 1. The van der Waals surface area contributed by atoms with Gasteiger partial charge in [0.1, 0.15) is 5.82 Å². The van der Waals surface area contributed by atoms with Gasteiger partial charge in [0.05, 0.1) is 11.5 Å². The van der Waals surface area contributed by atoms with Crippen LogP contribution in [0.15, 0.2) is 18.3 Å². The van der Waals surface area contributed by atoms with Gasteiger partial charge in [-0.2, -0.15) is 0 Å². The first-order chi connectivity index (χ1) is 15.1. The van der Waals surface area contributed by atoms with Crippen molar-refractivity contribution in [3.63, 3.8) is 0 Å². The lowest BCUT2D eigenvalue weighted by atomic mass is 9.69. The second kappa shape index (κ2) is 10.1. The molecule has 1 aromatic rings. The first-order valence-electron chi connectivity index (χ1n) is 12.6. The van der Waals surface area contributed by atoms with Crippen molar-refractivity contribution >= 4 is 17.6 Å². The Bertz CT molecular complexity index is 746. The molecular weight excluding hydrogens is 386 g/mol. The number of nitrogens with zero attached hydrogens (tertiary/aromatic N) is 2. The molecular formula is C26H39N3O2. The fraction of sp³-hybridized carbons (Fsp3) is 0.731. The maximum Gasteiger partial charge on any atom is 0.231 e. The summed E-state index contributed by atoms with van der Waals surface area (Å²) in [5, 5.41) is 3.10. The van der Waals surface area contributed by atoms with Crippen LogP contribution in [0.25, 0.3) is 0 Å². The molecule has 1 spiro atoms. The molecule has 2 heterocycles. The third kappa shape index (κ3) is 5.12. The molecule has 3 aliphatic rings. The van der Waals surface area contributed by atoms with Gasteiger partial charge in [-0.1, -0.05) is 70.3 Å². The second-order valence-corrected chi connectivity index (χ2v) is 10.2. The average molecular weight is 426 g/mol. The molecule has 1 saturated heterocycles. The Morgan fingerprint density at radius 2 is 1.71 bits per heavy atom. The Hall–Kier alpha value is -1.91. The number of aromatic nitrogens is 1. The lowest BCUT2D eigenvalue weighted by molar-refractivity contribution is -0.149. The van der Waals surface area contributed by atoms with Gasteiger partial charge in [0.15, 0.2) is 0 Å². The van der Waals surface area contributed by atoms with E-state index in [9.17, 15) is 9.59 Å². The molecule has 1 atom stereocenters. The van der Waals surface area contributed by atoms with Gasteiger partial charge in [0, 0.05) is 19.7 Å². The summed E-state index contributed by atoms with van der Waals surface area (Å²) in [7, 11) is 1.92. The van der Waals surface area contributed by atoms with Gasteiger partial charge in [-0.25, -0.2) is 4.98 Å². The van der Waals surface area contributed by atoms with Gasteiger partial charge in [-0.3, -0.25) is 9.59 Å². The van der Waals surface area contributed by atoms with Crippen LogP contribution in [0.4, 0.5) is 5.82 Å². The minimum atomic E-state index is -0.333. The molecule has 1 aliphatic heterocycles. The van der Waals surface area contributed by atoms with E-state index >= 15 is 0 Å². The van der Waals surface area contributed by atoms with Gasteiger partial charge in [0.25, 0.3) is 0 Å². The number of hydrogen-bond acceptors (Lipinski definition) is 3. The molecule has 3 fully saturated rings. The second-order valence-electron chi connectivity index (χ2n) is 10.2. The molecule has 2 saturated carbocycles. The van der Waals surface area contributed by atoms with Crippen LogP contribution in [0, 0.1) is 11.8 Å². The smallest absolute Gasteiger partial charge is 0.231 e. The first-order valence-corrected chi connectivity index (χ1v) is 12.6. The van der Waals surface area contributed by atoms with Gasteiger partial charge in [-0.15, -0.1) is 0 Å². The molecule has 4 rings (SSSR count). The summed E-state index contributed by atoms with van der Waals surface area (Å²) in [4.78, 5) is 32.5. The Labute approximate surface area is 187 Å². The fourth-order valence-electron chi connectivity index (χ4n) is 6.32. The zero-order chi connectivity index (χ0) is 21.7. The van der Waals surface area contributed by atoms with Crippen LogP contribution >= 0.6 is 0 Å². The van der Waals surface area contributed by atoms with E-state index < -0.39 is 0 Å². The molecule has 5 nitrogen and oxygen atoms in total. The standard InChI is InChI=1S/C26H39N3O2/c1-29-24(30)15-13-22(26(29)16-8-3-2-4-9-17-26)25(31)28-23-14-12-21(19-27-23)18-20-10-6-5-7-11-20/h12,14,19-20,22H,2-11,13,15-18H2,1H3,(H,27,28,31). The molecule has 5 heteroatoms. The van der Waals surface area contributed by atoms with Crippen molar-refractivity contribution in [2.75, 3.05) is 12.4 Å². The van der Waals surface area contributed by atoms with Crippen LogP contribution < -0.4 is 5.32 Å². The molecule has 31 heavy (non-hydrogen) atoms. The summed E-state index contributed by atoms with van der Waals surface area (Å²) in [6, 6.07) is 4.08. The molecule has 170 valence electrons. The monoisotopic (exact) mass is 425 g/mol. The number of carbonyl (C=O) groups excluding carboxylic acids is 2. The van der Waals surface area contributed by atoms with Crippen molar-refractivity contribution in [1.82, 2.24) is 9.88 Å². The number of amides is 2. The van der Waals surface area contributed by atoms with Crippen molar-refractivity contribution in [2.24, 2.45) is 11.8 Å². The number of rotatable bonds is 4. The molecule has 0 radical (unpaired) electrons. The van der Waals surface area contributed by atoms with Gasteiger partial charge >= 0.3 is 0 Å². The summed E-state index contributed by atoms with van der Waals surface area (Å²) in [6.07, 6.45) is 18.6. The fourth-order valence-corrected chi connectivity index (χ4v) is 6.32. The van der Waals surface area contributed by atoms with Crippen LogP contribution in [0.5, 0.6) is 0 Å². The Balaban J connectivity index is 1.43. The van der Waals surface area contributed by atoms with E-state index in [4.69, 9.17) is 0 Å². The van der Waals surface area contributed by atoms with Crippen molar-refractivity contribution in [3.8, 4) is 0 Å². The molecule has 2 amide bonds. The van der Waals surface area contributed by atoms with E-state index in [0.717, 1.165) is 38.0 Å². The quantitative estimate of drug-likeness (QED) is 0.693. The number of piperidine rings is 1. The van der Waals surface area contributed by atoms with Crippen LogP contribution in [0.2, 0.25) is 0 Å². The average Bonchev–Trinajstić information content (AvgIpc) is 2.76. The van der Waals surface area contributed by atoms with E-state index in [2.05, 4.69) is 16.4 Å². The maximum absolute atomic E-state index is 13.4. The number of hydrogen-bond donors (Lipinski definition) is 1. The number of anilines is 1. The first kappa shape index (κ1) is 22.3. The van der Waals surface area contributed by atoms with E-state index in [1.165, 1.54) is 56.9 Å². The Morgan fingerprint density at radius 1 is 1.03 bits per heavy atom. The molecule has 0 aromatic carbocycles. The van der Waals surface area contributed by atoms with Crippen LogP contribution in [-0.2, 0) is 16.0 Å². The van der Waals surface area contributed by atoms with Crippen LogP contribution in [-0.4, -0.2) is 34.3 Å². The largest absolute Gasteiger partial charge is 0.339 e. The molecule has 1 N–H and O–H groups in total. The van der Waals surface area contributed by atoms with E-state index in [-0.39, 0.29) is 23.3 Å². The van der Waals surface area contributed by atoms with Gasteiger partial charge in [-0.05, 0) is 43.2 Å². The van der Waals surface area contributed by atoms with Crippen LogP contribution in [0.3, 0.4) is 0 Å². The molecule has 1 aromatic heterocycles. The highest BCUT2D eigenvalue weighted by atomic mass is 16.2. The third-order valence-corrected chi connectivity index (χ3v) is 8.20. The van der Waals surface area contributed by atoms with Crippen LogP contribution in [0.1, 0.15) is 95.5 Å². The highest BCUT2D eigenvalue weighted by molar-refractivity contribution is 5.94. The highest BCUT2D eigenvalue weighted by Gasteiger charge is 2.50. The number of likely N-dealkylation sites (tertiary alicyclic amines) is 1. The zero-order valence-corrected chi connectivity index (χ0v) is 19.2. The normalized spacial score (nSPS) is 25.1. The SMILES string of the molecule is CN1C(=O)CCC(C(=O)Nc2ccc(CC3CCCCC3)cn2)C12CCCCCCC2. The minimum Gasteiger partial charge on any atom is -0.339 e. The van der Waals surface area contributed by atoms with Gasteiger partial charge < -0.3 is 10.2 Å². The van der Waals surface area contributed by atoms with E-state index in [1.54, 1.807) is 0 Å². The van der Waals surface area contributed by atoms with Crippen molar-refractivity contribution < 1.29 is 9.59 Å². The lowest BCUT2D eigenvalue weighted by Crippen LogP contribution is -2.60. The summed E-state index contributed by atoms with van der Waals surface area (Å²) in [5.41, 5.74) is 0.935. The Morgan fingerprint density at radius 3 is 2.39 bits per heavy atom. The highest BCUT2D eigenvalue weighted by Crippen LogP contribution is 2.43. The maximum atomic E-state index is 13.4. The van der Waals surface area contributed by atoms with Crippen molar-refractivity contribution in [2.45, 2.75) is 102 Å². The molecule has 1 unspecified atom stereocenters. The Kier molecular flexibility index (Phi) is 7.29. The van der Waals surface area contributed by atoms with Crippen molar-refractivity contribution in [1.29, 1.82) is 0 Å². The zero-order valence-electron chi connectivity index (χ0n) is 19.2. The predicted octanol–water partition coefficient (Wildman–Crippen LogP) is 5.49. The molecule has 2 aliphatic carbocycles. The lowest BCUT2D eigenvalue weighted by Gasteiger charge is -2.51. The number of pyridine rings is 1. The summed E-state index contributed by atoms with van der Waals surface area (Å²) in [5.74, 6) is 1.49. The topological polar surface area (TPSA) is 62.3 Å². The molecule has 0 bridgehead atoms. The summed E-state index contributed by atoms with van der Waals surface area (Å²) in [6.45, 7) is 0. The summed E-state index contributed by atoms with van der Waals surface area (Å²) < 4.78 is 0. The number of carbonyl (C=O) groups is 2. The van der Waals surface area contributed by atoms with Crippen molar-refractivity contribution in [3.05, 3.63) is 23.9 Å². The predicted molar refractivity (Wildman–Crippen MR) is 124 cm³/mol. The van der Waals surface area contributed by atoms with Gasteiger partial charge in [0.2, 0.25) is 11.8 Å². The van der Waals surface area contributed by atoms with E-state index in [0.29, 0.717) is 18.7 Å². The third-order valence-electron chi connectivity index (χ3n) is 8.20.